The van der Waals surface area contributed by atoms with E-state index in [-0.39, 0.29) is 5.54 Å². The lowest BCUT2D eigenvalue weighted by atomic mass is 10.1. The van der Waals surface area contributed by atoms with E-state index in [1.165, 1.54) is 0 Å². The van der Waals surface area contributed by atoms with E-state index in [1.807, 2.05) is 54.2 Å². The Morgan fingerprint density at radius 1 is 1.05 bits per heavy atom. The van der Waals surface area contributed by atoms with Crippen molar-refractivity contribution in [1.29, 1.82) is 0 Å². The summed E-state index contributed by atoms with van der Waals surface area (Å²) in [5, 5.41) is 1.86. The molecule has 3 heteroatoms. The van der Waals surface area contributed by atoms with Crippen molar-refractivity contribution in [3.63, 3.8) is 0 Å². The Bertz CT molecular complexity index is 579. The van der Waals surface area contributed by atoms with Gasteiger partial charge in [0.25, 0.3) is 0 Å². The summed E-state index contributed by atoms with van der Waals surface area (Å²) in [7, 11) is -2.71. The first-order chi connectivity index (χ1) is 8.76. The quantitative estimate of drug-likeness (QED) is 0.703. The van der Waals surface area contributed by atoms with Gasteiger partial charge in [-0.3, -0.25) is 4.57 Å². The molecular formula is C16H22NOP. The number of nitrogens with zero attached hydrogens (tertiary/aromatic N) is 1. The molecule has 1 atom stereocenters. The van der Waals surface area contributed by atoms with Crippen molar-refractivity contribution in [2.75, 3.05) is 0 Å². The van der Waals surface area contributed by atoms with Crippen LogP contribution >= 0.6 is 7.29 Å². The second-order valence-electron chi connectivity index (χ2n) is 6.09. The van der Waals surface area contributed by atoms with Gasteiger partial charge in [-0.2, -0.15) is 0 Å². The average molecular weight is 275 g/mol. The van der Waals surface area contributed by atoms with Crippen molar-refractivity contribution in [3.05, 3.63) is 53.5 Å². The van der Waals surface area contributed by atoms with E-state index < -0.39 is 7.29 Å². The average Bonchev–Trinajstić information content (AvgIpc) is 2.33. The SMILES string of the molecule is CC1=CN(C(C)(C)C)P(=O)(c2ccccc2)C(C)=C1. The Balaban J connectivity index is 2.65. The largest absolute Gasteiger partial charge is 0.317 e. The fourth-order valence-corrected chi connectivity index (χ4v) is 5.61. The molecule has 1 aromatic carbocycles. The lowest BCUT2D eigenvalue weighted by Crippen LogP contribution is -2.39. The predicted molar refractivity (Wildman–Crippen MR) is 82.8 cm³/mol. The molecule has 1 unspecified atom stereocenters. The van der Waals surface area contributed by atoms with Gasteiger partial charge in [-0.05, 0) is 58.4 Å². The number of benzene rings is 1. The summed E-state index contributed by atoms with van der Waals surface area (Å²) in [6, 6.07) is 9.79. The zero-order valence-electron chi connectivity index (χ0n) is 12.3. The number of hydrogen-bond acceptors (Lipinski definition) is 1. The Hall–Kier alpha value is -1.27. The van der Waals surface area contributed by atoms with Gasteiger partial charge in [0.1, 0.15) is 0 Å². The van der Waals surface area contributed by atoms with Crippen molar-refractivity contribution in [1.82, 2.24) is 4.67 Å². The third kappa shape index (κ3) is 2.42. The molecule has 1 aromatic rings. The number of hydrogen-bond donors (Lipinski definition) is 0. The van der Waals surface area contributed by atoms with Gasteiger partial charge in [0.05, 0.1) is 0 Å². The van der Waals surface area contributed by atoms with E-state index in [2.05, 4.69) is 27.7 Å². The Morgan fingerprint density at radius 2 is 1.63 bits per heavy atom. The van der Waals surface area contributed by atoms with E-state index in [0.29, 0.717) is 0 Å². The van der Waals surface area contributed by atoms with Crippen molar-refractivity contribution >= 4 is 12.6 Å². The van der Waals surface area contributed by atoms with Gasteiger partial charge in [0.15, 0.2) is 0 Å². The fraction of sp³-hybridized carbons (Fsp3) is 0.375. The summed E-state index contributed by atoms with van der Waals surface area (Å²) >= 11 is 0. The van der Waals surface area contributed by atoms with Crippen molar-refractivity contribution in [2.24, 2.45) is 0 Å². The van der Waals surface area contributed by atoms with Crippen LogP contribution in [0, 0.1) is 0 Å². The Morgan fingerprint density at radius 3 is 2.16 bits per heavy atom. The van der Waals surface area contributed by atoms with Crippen LogP contribution in [0.2, 0.25) is 0 Å². The molecule has 0 bridgehead atoms. The third-order valence-corrected chi connectivity index (χ3v) is 6.74. The minimum absolute atomic E-state index is 0.178. The van der Waals surface area contributed by atoms with Gasteiger partial charge < -0.3 is 4.67 Å². The van der Waals surface area contributed by atoms with Crippen LogP contribution in [0.15, 0.2) is 53.5 Å². The van der Waals surface area contributed by atoms with E-state index in [4.69, 9.17) is 0 Å². The fourth-order valence-electron chi connectivity index (χ4n) is 2.47. The summed E-state index contributed by atoms with van der Waals surface area (Å²) in [6.45, 7) is 10.3. The van der Waals surface area contributed by atoms with Crippen molar-refractivity contribution in [2.45, 2.75) is 40.2 Å². The molecule has 0 saturated carbocycles. The second-order valence-corrected chi connectivity index (χ2v) is 8.89. The van der Waals surface area contributed by atoms with E-state index in [1.54, 1.807) is 0 Å². The lowest BCUT2D eigenvalue weighted by Gasteiger charge is -2.43. The monoisotopic (exact) mass is 275 g/mol. The molecule has 0 aliphatic carbocycles. The van der Waals surface area contributed by atoms with Gasteiger partial charge >= 0.3 is 0 Å². The van der Waals surface area contributed by atoms with Crippen LogP contribution in [0.4, 0.5) is 0 Å². The molecule has 2 rings (SSSR count). The standard InChI is InChI=1S/C16H22NOP/c1-13-11-14(2)19(18,15-9-7-6-8-10-15)17(12-13)16(3,4)5/h6-12H,1-5H3. The Kier molecular flexibility index (Phi) is 3.49. The molecule has 0 aromatic heterocycles. The molecule has 0 amide bonds. The highest BCUT2D eigenvalue weighted by atomic mass is 31.2. The molecular weight excluding hydrogens is 253 g/mol. The highest BCUT2D eigenvalue weighted by molar-refractivity contribution is 7.73. The van der Waals surface area contributed by atoms with E-state index in [0.717, 1.165) is 16.2 Å². The van der Waals surface area contributed by atoms with Crippen LogP contribution < -0.4 is 5.30 Å². The normalized spacial score (nSPS) is 23.9. The lowest BCUT2D eigenvalue weighted by molar-refractivity contribution is 0.320. The minimum atomic E-state index is -2.71. The third-order valence-electron chi connectivity index (χ3n) is 3.34. The second kappa shape index (κ2) is 4.68. The molecule has 0 radical (unpaired) electrons. The van der Waals surface area contributed by atoms with Crippen molar-refractivity contribution in [3.8, 4) is 0 Å². The summed E-state index contributed by atoms with van der Waals surface area (Å²) in [4.78, 5) is 0. The van der Waals surface area contributed by atoms with Gasteiger partial charge in [-0.15, -0.1) is 0 Å². The maximum atomic E-state index is 13.7. The van der Waals surface area contributed by atoms with Gasteiger partial charge in [0, 0.05) is 22.4 Å². The summed E-state index contributed by atoms with van der Waals surface area (Å²) in [6.07, 6.45) is 4.07. The van der Waals surface area contributed by atoms with Crippen LogP contribution in [0.5, 0.6) is 0 Å². The first kappa shape index (κ1) is 14.1. The topological polar surface area (TPSA) is 20.3 Å². The zero-order valence-corrected chi connectivity index (χ0v) is 13.2. The molecule has 1 aliphatic rings. The number of rotatable bonds is 1. The van der Waals surface area contributed by atoms with Crippen LogP contribution in [0.1, 0.15) is 34.6 Å². The molecule has 0 saturated heterocycles. The van der Waals surface area contributed by atoms with Crippen LogP contribution in [0.3, 0.4) is 0 Å². The maximum Gasteiger partial charge on any atom is 0.225 e. The van der Waals surface area contributed by atoms with Crippen molar-refractivity contribution < 1.29 is 4.57 Å². The Labute approximate surface area is 116 Å². The molecule has 0 spiro atoms. The van der Waals surface area contributed by atoms with Crippen LogP contribution in [-0.4, -0.2) is 10.2 Å². The first-order valence-corrected chi connectivity index (χ1v) is 8.25. The summed E-state index contributed by atoms with van der Waals surface area (Å²) < 4.78 is 15.7. The molecule has 0 N–H and O–H groups in total. The van der Waals surface area contributed by atoms with Gasteiger partial charge in [-0.25, -0.2) is 0 Å². The zero-order chi connectivity index (χ0) is 14.3. The molecule has 1 aliphatic heterocycles. The van der Waals surface area contributed by atoms with Gasteiger partial charge in [-0.1, -0.05) is 18.2 Å². The van der Waals surface area contributed by atoms with E-state index >= 15 is 0 Å². The highest BCUT2D eigenvalue weighted by Crippen LogP contribution is 2.61. The smallest absolute Gasteiger partial charge is 0.225 e. The molecule has 19 heavy (non-hydrogen) atoms. The maximum absolute atomic E-state index is 13.7. The minimum Gasteiger partial charge on any atom is -0.317 e. The molecule has 0 fully saturated rings. The highest BCUT2D eigenvalue weighted by Gasteiger charge is 2.40. The predicted octanol–water partition coefficient (Wildman–Crippen LogP) is 4.51. The van der Waals surface area contributed by atoms with E-state index in [9.17, 15) is 4.57 Å². The van der Waals surface area contributed by atoms with Crippen LogP contribution in [-0.2, 0) is 4.57 Å². The molecule has 1 heterocycles. The molecule has 2 nitrogen and oxygen atoms in total. The molecule has 102 valence electrons. The summed E-state index contributed by atoms with van der Waals surface area (Å²) in [5.74, 6) is 0. The first-order valence-electron chi connectivity index (χ1n) is 6.59. The van der Waals surface area contributed by atoms with Crippen LogP contribution in [0.25, 0.3) is 0 Å². The van der Waals surface area contributed by atoms with Gasteiger partial charge in [0.2, 0.25) is 7.29 Å². The summed E-state index contributed by atoms with van der Waals surface area (Å²) in [5.41, 5.74) is 0.970. The number of allylic oxidation sites excluding steroid dienone is 3.